The van der Waals surface area contributed by atoms with Crippen LogP contribution in [0.1, 0.15) is 12.5 Å². The lowest BCUT2D eigenvalue weighted by Crippen LogP contribution is -2.45. The van der Waals surface area contributed by atoms with Gasteiger partial charge in [0.2, 0.25) is 15.9 Å². The molecule has 0 aliphatic carbocycles. The highest BCUT2D eigenvalue weighted by atomic mass is 32.2. The molecule has 0 radical (unpaired) electrons. The fourth-order valence-corrected chi connectivity index (χ4v) is 4.33. The fourth-order valence-electron chi connectivity index (χ4n) is 3.16. The Morgan fingerprint density at radius 2 is 1.53 bits per heavy atom. The number of sulfonamides is 1. The molecule has 0 spiro atoms. The largest absolute Gasteiger partial charge is 0.497 e. The van der Waals surface area contributed by atoms with Crippen molar-refractivity contribution in [3.63, 3.8) is 0 Å². The molecule has 168 valence electrons. The van der Waals surface area contributed by atoms with Crippen LogP contribution in [0.3, 0.4) is 0 Å². The monoisotopic (exact) mass is 454 g/mol. The molecule has 0 bridgehead atoms. The molecule has 0 saturated heterocycles. The number of ether oxygens (including phenoxy) is 2. The van der Waals surface area contributed by atoms with Crippen molar-refractivity contribution >= 4 is 27.3 Å². The SMILES string of the molecule is COc1ccc(N([C@H](C)C(=O)Nc2ccc(OCc3ccccc3)cc2)S(C)(=O)=O)cc1. The zero-order valence-corrected chi connectivity index (χ0v) is 19.0. The minimum absolute atomic E-state index is 0.376. The van der Waals surface area contributed by atoms with Gasteiger partial charge in [0.15, 0.2) is 0 Å². The Bertz CT molecular complexity index is 1130. The van der Waals surface area contributed by atoms with Crippen LogP contribution in [0.25, 0.3) is 0 Å². The Labute approximate surface area is 188 Å². The fraction of sp³-hybridized carbons (Fsp3) is 0.208. The van der Waals surface area contributed by atoms with Gasteiger partial charge in [-0.25, -0.2) is 8.42 Å². The minimum Gasteiger partial charge on any atom is -0.497 e. The summed E-state index contributed by atoms with van der Waals surface area (Å²) >= 11 is 0. The van der Waals surface area contributed by atoms with Gasteiger partial charge in [0.1, 0.15) is 24.1 Å². The van der Waals surface area contributed by atoms with E-state index in [2.05, 4.69) is 5.32 Å². The van der Waals surface area contributed by atoms with Gasteiger partial charge in [-0.15, -0.1) is 0 Å². The molecule has 3 aromatic carbocycles. The van der Waals surface area contributed by atoms with E-state index in [1.165, 1.54) is 14.0 Å². The second-order valence-corrected chi connectivity index (χ2v) is 9.08. The Balaban J connectivity index is 1.67. The molecule has 0 unspecified atom stereocenters. The molecule has 8 heteroatoms. The summed E-state index contributed by atoms with van der Waals surface area (Å²) in [6, 6.07) is 22.2. The predicted octanol–water partition coefficient (Wildman–Crippen LogP) is 4.07. The molecule has 0 aliphatic rings. The first-order valence-corrected chi connectivity index (χ1v) is 11.8. The number of carbonyl (C=O) groups is 1. The van der Waals surface area contributed by atoms with Crippen LogP contribution in [0, 0.1) is 0 Å². The first-order chi connectivity index (χ1) is 15.3. The number of methoxy groups -OCH3 is 1. The number of rotatable bonds is 9. The third kappa shape index (κ3) is 6.01. The van der Waals surface area contributed by atoms with Crippen LogP contribution in [-0.2, 0) is 21.4 Å². The molecule has 0 fully saturated rings. The number of anilines is 2. The lowest BCUT2D eigenvalue weighted by molar-refractivity contribution is -0.116. The van der Waals surface area contributed by atoms with E-state index in [9.17, 15) is 13.2 Å². The summed E-state index contributed by atoms with van der Waals surface area (Å²) in [6.45, 7) is 1.98. The highest BCUT2D eigenvalue weighted by molar-refractivity contribution is 7.92. The van der Waals surface area contributed by atoms with Crippen molar-refractivity contribution in [1.29, 1.82) is 0 Å². The molecule has 32 heavy (non-hydrogen) atoms. The summed E-state index contributed by atoms with van der Waals surface area (Å²) in [4.78, 5) is 12.8. The van der Waals surface area contributed by atoms with Crippen molar-refractivity contribution in [2.45, 2.75) is 19.6 Å². The third-order valence-corrected chi connectivity index (χ3v) is 6.03. The topological polar surface area (TPSA) is 84.9 Å². The number of amides is 1. The summed E-state index contributed by atoms with van der Waals surface area (Å²) < 4.78 is 36.8. The Hall–Kier alpha value is -3.52. The highest BCUT2D eigenvalue weighted by Crippen LogP contribution is 2.25. The smallest absolute Gasteiger partial charge is 0.247 e. The average molecular weight is 455 g/mol. The van der Waals surface area contributed by atoms with Crippen LogP contribution in [-0.4, -0.2) is 33.7 Å². The van der Waals surface area contributed by atoms with Crippen molar-refractivity contribution in [3.05, 3.63) is 84.4 Å². The molecular formula is C24H26N2O5S. The van der Waals surface area contributed by atoms with Crippen LogP contribution >= 0.6 is 0 Å². The first kappa shape index (κ1) is 23.1. The van der Waals surface area contributed by atoms with Crippen LogP contribution in [0.5, 0.6) is 11.5 Å². The van der Waals surface area contributed by atoms with Gasteiger partial charge < -0.3 is 14.8 Å². The third-order valence-electron chi connectivity index (χ3n) is 4.79. The van der Waals surface area contributed by atoms with Crippen molar-refractivity contribution in [2.75, 3.05) is 23.0 Å². The summed E-state index contributed by atoms with van der Waals surface area (Å²) in [5, 5.41) is 2.76. The van der Waals surface area contributed by atoms with Crippen LogP contribution in [0.15, 0.2) is 78.9 Å². The van der Waals surface area contributed by atoms with Gasteiger partial charge in [0, 0.05) is 5.69 Å². The van der Waals surface area contributed by atoms with E-state index in [-0.39, 0.29) is 0 Å². The number of hydrogen-bond acceptors (Lipinski definition) is 5. The van der Waals surface area contributed by atoms with Gasteiger partial charge in [-0.2, -0.15) is 0 Å². The molecule has 3 rings (SSSR count). The number of hydrogen-bond donors (Lipinski definition) is 1. The van der Waals surface area contributed by atoms with Crippen LogP contribution in [0.2, 0.25) is 0 Å². The molecule has 1 atom stereocenters. The first-order valence-electron chi connectivity index (χ1n) is 9.99. The molecule has 0 heterocycles. The quantitative estimate of drug-likeness (QED) is 0.527. The van der Waals surface area contributed by atoms with Gasteiger partial charge in [-0.1, -0.05) is 30.3 Å². The zero-order valence-electron chi connectivity index (χ0n) is 18.2. The second-order valence-electron chi connectivity index (χ2n) is 7.22. The average Bonchev–Trinajstić information content (AvgIpc) is 2.79. The van der Waals surface area contributed by atoms with E-state index < -0.39 is 22.0 Å². The van der Waals surface area contributed by atoms with Gasteiger partial charge in [-0.3, -0.25) is 9.10 Å². The van der Waals surface area contributed by atoms with Crippen molar-refractivity contribution in [3.8, 4) is 11.5 Å². The number of nitrogens with one attached hydrogen (secondary N) is 1. The Morgan fingerprint density at radius 3 is 2.09 bits per heavy atom. The van der Waals surface area contributed by atoms with Crippen LogP contribution < -0.4 is 19.1 Å². The van der Waals surface area contributed by atoms with E-state index >= 15 is 0 Å². The molecule has 0 aromatic heterocycles. The zero-order chi connectivity index (χ0) is 23.1. The van der Waals surface area contributed by atoms with Gasteiger partial charge in [0.25, 0.3) is 0 Å². The van der Waals surface area contributed by atoms with Crippen molar-refractivity contribution < 1.29 is 22.7 Å². The van der Waals surface area contributed by atoms with Gasteiger partial charge in [-0.05, 0) is 61.0 Å². The molecule has 1 N–H and O–H groups in total. The Kier molecular flexibility index (Phi) is 7.37. The number of nitrogens with zero attached hydrogens (tertiary/aromatic N) is 1. The van der Waals surface area contributed by atoms with E-state index in [0.29, 0.717) is 29.5 Å². The maximum Gasteiger partial charge on any atom is 0.247 e. The second kappa shape index (κ2) is 10.2. The molecular weight excluding hydrogens is 428 g/mol. The lowest BCUT2D eigenvalue weighted by atomic mass is 10.2. The van der Waals surface area contributed by atoms with E-state index in [1.807, 2.05) is 30.3 Å². The number of carbonyl (C=O) groups excluding carboxylic acids is 1. The summed E-state index contributed by atoms with van der Waals surface area (Å²) in [5.74, 6) is 0.800. The van der Waals surface area contributed by atoms with Crippen molar-refractivity contribution in [1.82, 2.24) is 0 Å². The maximum atomic E-state index is 12.8. The Morgan fingerprint density at radius 1 is 0.938 bits per heavy atom. The standard InChI is InChI=1S/C24H26N2O5S/c1-18(26(32(3,28)29)21-11-15-22(30-2)16-12-21)24(27)25-20-9-13-23(14-10-20)31-17-19-7-5-4-6-8-19/h4-16,18H,17H2,1-3H3,(H,25,27)/t18-/m1/s1. The minimum atomic E-state index is -3.70. The molecule has 3 aromatic rings. The van der Waals surface area contributed by atoms with Gasteiger partial charge in [0.05, 0.1) is 19.1 Å². The van der Waals surface area contributed by atoms with E-state index in [4.69, 9.17) is 9.47 Å². The molecule has 7 nitrogen and oxygen atoms in total. The number of benzene rings is 3. The van der Waals surface area contributed by atoms with E-state index in [1.54, 1.807) is 48.5 Å². The molecule has 0 aliphatic heterocycles. The maximum absolute atomic E-state index is 12.8. The summed E-state index contributed by atoms with van der Waals surface area (Å²) in [7, 11) is -2.18. The molecule has 0 saturated carbocycles. The molecule has 1 amide bonds. The highest BCUT2D eigenvalue weighted by Gasteiger charge is 2.29. The van der Waals surface area contributed by atoms with Gasteiger partial charge >= 0.3 is 0 Å². The normalized spacial score (nSPS) is 12.0. The summed E-state index contributed by atoms with van der Waals surface area (Å²) in [5.41, 5.74) is 1.97. The van der Waals surface area contributed by atoms with Crippen LogP contribution in [0.4, 0.5) is 11.4 Å². The summed E-state index contributed by atoms with van der Waals surface area (Å²) in [6.07, 6.45) is 1.07. The van der Waals surface area contributed by atoms with E-state index in [0.717, 1.165) is 16.1 Å². The predicted molar refractivity (Wildman–Crippen MR) is 126 cm³/mol. The lowest BCUT2D eigenvalue weighted by Gasteiger charge is -2.28. The van der Waals surface area contributed by atoms with Crippen molar-refractivity contribution in [2.24, 2.45) is 0 Å².